The summed E-state index contributed by atoms with van der Waals surface area (Å²) in [5.41, 5.74) is 0.639. The van der Waals surface area contributed by atoms with E-state index in [1.807, 2.05) is 0 Å². The van der Waals surface area contributed by atoms with Crippen LogP contribution < -0.4 is 0 Å². The number of non-ortho nitro benzene ring substituents is 1. The molecule has 0 spiro atoms. The molecule has 1 aromatic heterocycles. The van der Waals surface area contributed by atoms with E-state index in [4.69, 9.17) is 26.0 Å². The van der Waals surface area contributed by atoms with E-state index in [2.05, 4.69) is 4.98 Å². The van der Waals surface area contributed by atoms with Crippen molar-refractivity contribution < 1.29 is 28.1 Å². The lowest BCUT2D eigenvalue weighted by molar-refractivity contribution is -0.384. The molecule has 0 saturated carbocycles. The number of aromatic amines is 1. The van der Waals surface area contributed by atoms with Crippen molar-refractivity contribution in [1.29, 1.82) is 0 Å². The lowest BCUT2D eigenvalue weighted by atomic mass is 10.3. The maximum absolute atomic E-state index is 13.1. The SMILES string of the molecule is CCOP(=O)(OCC)/C(=C\n1c(=S)[nH]c2ccc([N+](=O)[O-])cc21)C(=O)OC. The van der Waals surface area contributed by atoms with Gasteiger partial charge < -0.3 is 18.8 Å². The fraction of sp³-hybridized carbons (Fsp3) is 0.333. The molecule has 0 atom stereocenters. The van der Waals surface area contributed by atoms with E-state index in [0.717, 1.165) is 13.3 Å². The third-order valence-corrected chi connectivity index (χ3v) is 5.83. The van der Waals surface area contributed by atoms with Crippen LogP contribution in [0.5, 0.6) is 0 Å². The van der Waals surface area contributed by atoms with Gasteiger partial charge in [-0.25, -0.2) is 4.79 Å². The molecule has 2 rings (SSSR count). The normalized spacial score (nSPS) is 12.3. The molecular weight excluding hydrogens is 397 g/mol. The van der Waals surface area contributed by atoms with Crippen LogP contribution in [0.25, 0.3) is 17.2 Å². The monoisotopic (exact) mass is 415 g/mol. The molecule has 27 heavy (non-hydrogen) atoms. The highest BCUT2D eigenvalue weighted by Gasteiger charge is 2.36. The number of imidazole rings is 1. The van der Waals surface area contributed by atoms with Crippen LogP contribution in [0, 0.1) is 14.9 Å². The maximum atomic E-state index is 13.1. The molecule has 0 saturated heterocycles. The van der Waals surface area contributed by atoms with E-state index in [1.54, 1.807) is 13.8 Å². The summed E-state index contributed by atoms with van der Waals surface area (Å²) < 4.78 is 29.6. The van der Waals surface area contributed by atoms with Gasteiger partial charge in [0.05, 0.1) is 36.3 Å². The molecule has 0 aliphatic heterocycles. The van der Waals surface area contributed by atoms with Gasteiger partial charge in [-0.3, -0.25) is 19.2 Å². The number of carbonyl (C=O) groups is 1. The Balaban J connectivity index is 2.76. The number of nitro groups is 1. The van der Waals surface area contributed by atoms with Gasteiger partial charge in [-0.1, -0.05) is 0 Å². The fourth-order valence-electron chi connectivity index (χ4n) is 2.33. The number of benzene rings is 1. The highest BCUT2D eigenvalue weighted by molar-refractivity contribution is 7.71. The molecule has 0 amide bonds. The summed E-state index contributed by atoms with van der Waals surface area (Å²) in [6.07, 6.45) is 1.16. The highest BCUT2D eigenvalue weighted by Crippen LogP contribution is 2.56. The largest absolute Gasteiger partial charge is 0.465 e. The van der Waals surface area contributed by atoms with Gasteiger partial charge in [-0.05, 0) is 32.1 Å². The number of fused-ring (bicyclic) bond motifs is 1. The predicted molar refractivity (Wildman–Crippen MR) is 101 cm³/mol. The molecule has 1 N–H and O–H groups in total. The zero-order chi connectivity index (χ0) is 20.2. The Bertz CT molecular complexity index is 1000. The Hall–Kier alpha value is -2.33. The number of ether oxygens (including phenoxy) is 1. The fourth-order valence-corrected chi connectivity index (χ4v) is 4.20. The van der Waals surface area contributed by atoms with Gasteiger partial charge in [0, 0.05) is 18.3 Å². The van der Waals surface area contributed by atoms with Crippen molar-refractivity contribution in [3.05, 3.63) is 38.4 Å². The number of rotatable bonds is 8. The van der Waals surface area contributed by atoms with E-state index in [9.17, 15) is 19.5 Å². The van der Waals surface area contributed by atoms with Gasteiger partial charge in [0.25, 0.3) is 5.69 Å². The van der Waals surface area contributed by atoms with Crippen LogP contribution >= 0.6 is 19.8 Å². The van der Waals surface area contributed by atoms with Crippen molar-refractivity contribution in [2.75, 3.05) is 20.3 Å². The number of H-pyrrole nitrogens is 1. The molecule has 0 aliphatic rings. The highest BCUT2D eigenvalue weighted by atomic mass is 32.1. The van der Waals surface area contributed by atoms with Crippen LogP contribution in [0.2, 0.25) is 0 Å². The molecule has 1 heterocycles. The minimum absolute atomic E-state index is 0.0242. The van der Waals surface area contributed by atoms with Gasteiger partial charge >= 0.3 is 13.6 Å². The molecule has 0 radical (unpaired) electrons. The molecule has 1 aromatic carbocycles. The van der Waals surface area contributed by atoms with E-state index >= 15 is 0 Å². The molecule has 0 unspecified atom stereocenters. The number of nitrogens with one attached hydrogen (secondary N) is 1. The second-order valence-electron chi connectivity index (χ2n) is 5.10. The quantitative estimate of drug-likeness (QED) is 0.172. The van der Waals surface area contributed by atoms with Crippen LogP contribution in [-0.2, 0) is 23.1 Å². The summed E-state index contributed by atoms with van der Waals surface area (Å²) in [5.74, 6) is -0.929. The topological polar surface area (TPSA) is 126 Å². The van der Waals surface area contributed by atoms with Crippen molar-refractivity contribution in [2.45, 2.75) is 13.8 Å². The number of hydrogen-bond donors (Lipinski definition) is 1. The Morgan fingerprint density at radius 2 is 2.00 bits per heavy atom. The lowest BCUT2D eigenvalue weighted by Gasteiger charge is -2.18. The summed E-state index contributed by atoms with van der Waals surface area (Å²) >= 11 is 5.22. The van der Waals surface area contributed by atoms with E-state index in [0.29, 0.717) is 11.0 Å². The van der Waals surface area contributed by atoms with Gasteiger partial charge in [-0.2, -0.15) is 0 Å². The summed E-state index contributed by atoms with van der Waals surface area (Å²) in [4.78, 5) is 25.6. The lowest BCUT2D eigenvalue weighted by Crippen LogP contribution is -2.11. The first-order valence-electron chi connectivity index (χ1n) is 7.85. The molecular formula is C15H18N3O7PS. The molecule has 12 heteroatoms. The molecule has 0 aliphatic carbocycles. The summed E-state index contributed by atoms with van der Waals surface area (Å²) in [6, 6.07) is 4.07. The summed E-state index contributed by atoms with van der Waals surface area (Å²) in [5, 5.41) is 10.7. The first kappa shape index (κ1) is 21.0. The first-order valence-corrected chi connectivity index (χ1v) is 9.81. The van der Waals surface area contributed by atoms with Crippen molar-refractivity contribution in [1.82, 2.24) is 9.55 Å². The van der Waals surface area contributed by atoms with Gasteiger partial charge in [-0.15, -0.1) is 0 Å². The average Bonchev–Trinajstić information content (AvgIpc) is 2.93. The van der Waals surface area contributed by atoms with E-state index in [1.165, 1.54) is 22.8 Å². The summed E-state index contributed by atoms with van der Waals surface area (Å²) in [7, 11) is -2.88. The summed E-state index contributed by atoms with van der Waals surface area (Å²) in [6.45, 7) is 3.25. The van der Waals surface area contributed by atoms with Crippen LogP contribution in [0.15, 0.2) is 23.5 Å². The zero-order valence-electron chi connectivity index (χ0n) is 14.8. The van der Waals surface area contributed by atoms with Gasteiger partial charge in [0.15, 0.2) is 10.1 Å². The number of nitro benzene ring substituents is 1. The standard InChI is InChI=1S/C15H18N3O7PS/c1-4-24-26(22,25-5-2)13(14(19)23-3)9-17-12-8-10(18(20)21)6-7-11(12)16-15(17)27/h6-9H,4-5H2,1-3H3,(H,16,27)/b13-9-. The number of esters is 1. The van der Waals surface area contributed by atoms with Crippen molar-refractivity contribution in [3.63, 3.8) is 0 Å². The Morgan fingerprint density at radius 1 is 1.37 bits per heavy atom. The van der Waals surface area contributed by atoms with Gasteiger partial charge in [0.1, 0.15) is 0 Å². The molecule has 10 nitrogen and oxygen atoms in total. The van der Waals surface area contributed by atoms with Crippen LogP contribution in [0.1, 0.15) is 13.8 Å². The second kappa shape index (κ2) is 8.57. The van der Waals surface area contributed by atoms with E-state index < -0.39 is 18.5 Å². The molecule has 146 valence electrons. The number of methoxy groups -OCH3 is 1. The van der Waals surface area contributed by atoms with Crippen molar-refractivity contribution in [3.8, 4) is 0 Å². The number of carbonyl (C=O) groups excluding carboxylic acids is 1. The second-order valence-corrected chi connectivity index (χ2v) is 7.48. The maximum Gasteiger partial charge on any atom is 0.370 e. The van der Waals surface area contributed by atoms with Gasteiger partial charge in [0.2, 0.25) is 0 Å². The predicted octanol–water partition coefficient (Wildman–Crippen LogP) is 3.84. The smallest absolute Gasteiger partial charge is 0.370 e. The Labute approximate surface area is 159 Å². The Morgan fingerprint density at radius 3 is 2.52 bits per heavy atom. The minimum Gasteiger partial charge on any atom is -0.465 e. The van der Waals surface area contributed by atoms with E-state index in [-0.39, 0.29) is 29.0 Å². The average molecular weight is 415 g/mol. The van der Waals surface area contributed by atoms with Crippen LogP contribution in [0.3, 0.4) is 0 Å². The zero-order valence-corrected chi connectivity index (χ0v) is 16.5. The molecule has 0 fully saturated rings. The number of nitrogens with zero attached hydrogens (tertiary/aromatic N) is 2. The Kier molecular flexibility index (Phi) is 6.66. The van der Waals surface area contributed by atoms with Crippen molar-refractivity contribution >= 4 is 48.7 Å². The third kappa shape index (κ3) is 4.33. The van der Waals surface area contributed by atoms with Crippen molar-refractivity contribution in [2.24, 2.45) is 0 Å². The molecule has 0 bridgehead atoms. The first-order chi connectivity index (χ1) is 12.8. The number of hydrogen-bond acceptors (Lipinski definition) is 8. The van der Waals surface area contributed by atoms with Crippen LogP contribution in [0.4, 0.5) is 5.69 Å². The third-order valence-electron chi connectivity index (χ3n) is 3.45. The number of aromatic nitrogens is 2. The van der Waals surface area contributed by atoms with Crippen LogP contribution in [-0.4, -0.2) is 40.8 Å². The molecule has 2 aromatic rings. The minimum atomic E-state index is -4.00.